The van der Waals surface area contributed by atoms with Crippen LogP contribution in [-0.2, 0) is 0 Å². The van der Waals surface area contributed by atoms with Crippen molar-refractivity contribution in [3.05, 3.63) is 0 Å². The lowest BCUT2D eigenvalue weighted by molar-refractivity contribution is 0.00535. The second-order valence-electron chi connectivity index (χ2n) is 5.07. The average Bonchev–Trinajstić information content (AvgIpc) is 1.93. The highest BCUT2D eigenvalue weighted by Crippen LogP contribution is 2.34. The molecule has 0 unspecified atom stereocenters. The summed E-state index contributed by atoms with van der Waals surface area (Å²) in [6.45, 7) is 6.54. The van der Waals surface area contributed by atoms with Gasteiger partial charge in [-0.05, 0) is 50.9 Å². The number of hydrogen-bond acceptors (Lipinski definition) is 1. The molecule has 0 amide bonds. The van der Waals surface area contributed by atoms with Crippen LogP contribution in [0.25, 0.3) is 0 Å². The minimum absolute atomic E-state index is 0.354. The highest BCUT2D eigenvalue weighted by atomic mass is 16.3. The Hall–Kier alpha value is -0.0400. The van der Waals surface area contributed by atoms with Gasteiger partial charge in [0.05, 0.1) is 5.60 Å². The molecule has 1 N–H and O–H groups in total. The third kappa shape index (κ3) is 3.14. The van der Waals surface area contributed by atoms with Gasteiger partial charge in [-0.3, -0.25) is 0 Å². The first kappa shape index (κ1) is 10.0. The summed E-state index contributed by atoms with van der Waals surface area (Å²) in [5.41, 5.74) is -0.354. The van der Waals surface area contributed by atoms with Crippen LogP contribution in [-0.4, -0.2) is 10.7 Å². The van der Waals surface area contributed by atoms with E-state index < -0.39 is 0 Å². The lowest BCUT2D eigenvalue weighted by Gasteiger charge is -2.33. The van der Waals surface area contributed by atoms with Crippen LogP contribution in [0.1, 0.15) is 52.9 Å². The first-order valence-corrected chi connectivity index (χ1v) is 5.22. The van der Waals surface area contributed by atoms with E-state index in [-0.39, 0.29) is 5.60 Å². The Bertz CT molecular complexity index is 128. The maximum absolute atomic E-state index is 9.73. The van der Waals surface area contributed by atoms with Gasteiger partial charge < -0.3 is 5.11 Å². The summed E-state index contributed by atoms with van der Waals surface area (Å²) >= 11 is 0. The molecule has 1 aliphatic rings. The summed E-state index contributed by atoms with van der Waals surface area (Å²) in [4.78, 5) is 0. The predicted octanol–water partition coefficient (Wildman–Crippen LogP) is 2.97. The van der Waals surface area contributed by atoms with Crippen molar-refractivity contribution in [3.63, 3.8) is 0 Å². The first-order valence-electron chi connectivity index (χ1n) is 5.22. The minimum Gasteiger partial charge on any atom is -0.390 e. The summed E-state index contributed by atoms with van der Waals surface area (Å²) in [6, 6.07) is 0. The van der Waals surface area contributed by atoms with Gasteiger partial charge in [-0.25, -0.2) is 0 Å². The number of hydrogen-bond donors (Lipinski definition) is 1. The van der Waals surface area contributed by atoms with Gasteiger partial charge in [0.15, 0.2) is 0 Å². The molecular formula is C11H22O. The van der Waals surface area contributed by atoms with Crippen molar-refractivity contribution in [1.82, 2.24) is 0 Å². The molecule has 0 atom stereocenters. The zero-order valence-electron chi connectivity index (χ0n) is 8.64. The molecule has 0 bridgehead atoms. The Morgan fingerprint density at radius 1 is 1.33 bits per heavy atom. The monoisotopic (exact) mass is 170 g/mol. The summed E-state index contributed by atoms with van der Waals surface area (Å²) < 4.78 is 0. The maximum atomic E-state index is 9.73. The van der Waals surface area contributed by atoms with Crippen LogP contribution >= 0.6 is 0 Å². The minimum atomic E-state index is -0.354. The summed E-state index contributed by atoms with van der Waals surface area (Å²) in [5.74, 6) is 1.70. The third-order valence-electron chi connectivity index (χ3n) is 2.99. The molecule has 0 aromatic rings. The summed E-state index contributed by atoms with van der Waals surface area (Å²) in [7, 11) is 0. The zero-order valence-corrected chi connectivity index (χ0v) is 8.64. The Balaban J connectivity index is 2.27. The second kappa shape index (κ2) is 3.78. The lowest BCUT2D eigenvalue weighted by atomic mass is 9.77. The molecule has 1 rings (SSSR count). The standard InChI is InChI=1S/C11H22O/c1-9(2)8-10-4-6-11(3,12)7-5-10/h9-10,12H,4-8H2,1-3H3. The van der Waals surface area contributed by atoms with Crippen molar-refractivity contribution in [1.29, 1.82) is 0 Å². The smallest absolute Gasteiger partial charge is 0.0620 e. The molecule has 1 aliphatic carbocycles. The molecule has 72 valence electrons. The third-order valence-corrected chi connectivity index (χ3v) is 2.99. The van der Waals surface area contributed by atoms with Gasteiger partial charge in [-0.15, -0.1) is 0 Å². The van der Waals surface area contributed by atoms with Crippen LogP contribution in [0.3, 0.4) is 0 Å². The van der Waals surface area contributed by atoms with Crippen LogP contribution in [0.5, 0.6) is 0 Å². The fourth-order valence-electron chi connectivity index (χ4n) is 2.20. The maximum Gasteiger partial charge on any atom is 0.0620 e. The SMILES string of the molecule is CC(C)CC1CCC(C)(O)CC1. The van der Waals surface area contributed by atoms with E-state index in [1.807, 2.05) is 6.92 Å². The molecule has 1 fully saturated rings. The van der Waals surface area contributed by atoms with Crippen LogP contribution in [0, 0.1) is 11.8 Å². The zero-order chi connectivity index (χ0) is 9.19. The van der Waals surface area contributed by atoms with E-state index in [1.54, 1.807) is 0 Å². The van der Waals surface area contributed by atoms with Crippen molar-refractivity contribution in [2.45, 2.75) is 58.5 Å². The van der Waals surface area contributed by atoms with Crippen molar-refractivity contribution in [2.24, 2.45) is 11.8 Å². The molecule has 1 heteroatoms. The fourth-order valence-corrected chi connectivity index (χ4v) is 2.20. The van der Waals surface area contributed by atoms with Gasteiger partial charge >= 0.3 is 0 Å². The Kier molecular flexibility index (Phi) is 3.16. The van der Waals surface area contributed by atoms with E-state index in [4.69, 9.17) is 0 Å². The van der Waals surface area contributed by atoms with Crippen molar-refractivity contribution in [3.8, 4) is 0 Å². The predicted molar refractivity (Wildman–Crippen MR) is 52.0 cm³/mol. The second-order valence-corrected chi connectivity index (χ2v) is 5.07. The molecule has 1 nitrogen and oxygen atoms in total. The molecule has 0 spiro atoms. The van der Waals surface area contributed by atoms with E-state index in [1.165, 1.54) is 19.3 Å². The molecule has 0 aromatic carbocycles. The summed E-state index contributed by atoms with van der Waals surface area (Å²) in [6.07, 6.45) is 5.81. The van der Waals surface area contributed by atoms with Crippen molar-refractivity contribution in [2.75, 3.05) is 0 Å². The normalized spacial score (nSPS) is 37.2. The van der Waals surface area contributed by atoms with E-state index >= 15 is 0 Å². The molecule has 0 heterocycles. The Morgan fingerprint density at radius 2 is 1.83 bits per heavy atom. The van der Waals surface area contributed by atoms with Crippen LogP contribution in [0.2, 0.25) is 0 Å². The Morgan fingerprint density at radius 3 is 2.25 bits per heavy atom. The lowest BCUT2D eigenvalue weighted by Crippen LogP contribution is -2.30. The number of aliphatic hydroxyl groups is 1. The van der Waals surface area contributed by atoms with Gasteiger partial charge in [-0.2, -0.15) is 0 Å². The van der Waals surface area contributed by atoms with E-state index in [9.17, 15) is 5.11 Å². The van der Waals surface area contributed by atoms with E-state index in [0.29, 0.717) is 0 Å². The van der Waals surface area contributed by atoms with Gasteiger partial charge in [0.25, 0.3) is 0 Å². The van der Waals surface area contributed by atoms with Crippen LogP contribution in [0.15, 0.2) is 0 Å². The molecule has 0 saturated heterocycles. The first-order chi connectivity index (χ1) is 5.49. The summed E-state index contributed by atoms with van der Waals surface area (Å²) in [5, 5.41) is 9.73. The van der Waals surface area contributed by atoms with Crippen LogP contribution in [0.4, 0.5) is 0 Å². The average molecular weight is 170 g/mol. The van der Waals surface area contributed by atoms with E-state index in [0.717, 1.165) is 24.7 Å². The topological polar surface area (TPSA) is 20.2 Å². The number of rotatable bonds is 2. The van der Waals surface area contributed by atoms with Gasteiger partial charge in [-0.1, -0.05) is 13.8 Å². The molecule has 1 saturated carbocycles. The Labute approximate surface area is 76.2 Å². The van der Waals surface area contributed by atoms with E-state index in [2.05, 4.69) is 13.8 Å². The quantitative estimate of drug-likeness (QED) is 0.675. The molecular weight excluding hydrogens is 148 g/mol. The van der Waals surface area contributed by atoms with Gasteiger partial charge in [0.1, 0.15) is 0 Å². The molecule has 0 aromatic heterocycles. The van der Waals surface area contributed by atoms with Gasteiger partial charge in [0, 0.05) is 0 Å². The molecule has 0 radical (unpaired) electrons. The highest BCUT2D eigenvalue weighted by molar-refractivity contribution is 4.81. The highest BCUT2D eigenvalue weighted by Gasteiger charge is 2.28. The molecule has 12 heavy (non-hydrogen) atoms. The molecule has 0 aliphatic heterocycles. The van der Waals surface area contributed by atoms with Gasteiger partial charge in [0.2, 0.25) is 0 Å². The van der Waals surface area contributed by atoms with Crippen LogP contribution < -0.4 is 0 Å². The fraction of sp³-hybridized carbons (Fsp3) is 1.00. The van der Waals surface area contributed by atoms with Crippen molar-refractivity contribution >= 4 is 0 Å². The largest absolute Gasteiger partial charge is 0.390 e. The van der Waals surface area contributed by atoms with Crippen molar-refractivity contribution < 1.29 is 5.11 Å².